The molecule has 0 radical (unpaired) electrons. The lowest BCUT2D eigenvalue weighted by atomic mass is 10.1. The van der Waals surface area contributed by atoms with Crippen LogP contribution in [0.25, 0.3) is 0 Å². The van der Waals surface area contributed by atoms with Crippen LogP contribution in [0.15, 0.2) is 54.6 Å². The Kier molecular flexibility index (Phi) is 6.54. The predicted molar refractivity (Wildman–Crippen MR) is 104 cm³/mol. The fourth-order valence-corrected chi connectivity index (χ4v) is 3.29. The molecule has 0 bridgehead atoms. The predicted octanol–water partition coefficient (Wildman–Crippen LogP) is 3.65. The van der Waals surface area contributed by atoms with E-state index in [4.69, 9.17) is 0 Å². The van der Waals surface area contributed by atoms with E-state index in [9.17, 15) is 27.6 Å². The van der Waals surface area contributed by atoms with E-state index in [0.29, 0.717) is 18.7 Å². The van der Waals surface area contributed by atoms with Crippen LogP contribution < -0.4 is 0 Å². The van der Waals surface area contributed by atoms with E-state index in [1.165, 1.54) is 4.90 Å². The van der Waals surface area contributed by atoms with E-state index >= 15 is 0 Å². The van der Waals surface area contributed by atoms with Crippen molar-refractivity contribution in [3.8, 4) is 0 Å². The summed E-state index contributed by atoms with van der Waals surface area (Å²) in [5, 5.41) is 0. The monoisotopic (exact) mass is 418 g/mol. The zero-order valence-electron chi connectivity index (χ0n) is 16.2. The van der Waals surface area contributed by atoms with Crippen molar-refractivity contribution < 1.29 is 27.6 Å². The standard InChI is InChI=1S/C22H21F3N2O3/c23-22(24,25)18-8-6-17(7-9-18)21(30)27-14-12-26(13-15-27)20(29)11-10-19(28)16-4-2-1-3-5-16/h1-9H,10-15H2. The number of halogens is 3. The van der Waals surface area contributed by atoms with Gasteiger partial charge in [0.05, 0.1) is 5.56 Å². The van der Waals surface area contributed by atoms with Crippen LogP contribution in [0, 0.1) is 0 Å². The summed E-state index contributed by atoms with van der Waals surface area (Å²) in [4.78, 5) is 40.1. The van der Waals surface area contributed by atoms with E-state index < -0.39 is 11.7 Å². The molecule has 0 atom stereocenters. The molecular weight excluding hydrogens is 397 g/mol. The van der Waals surface area contributed by atoms with E-state index in [2.05, 4.69) is 0 Å². The number of hydrogen-bond donors (Lipinski definition) is 0. The molecule has 1 aliphatic heterocycles. The summed E-state index contributed by atoms with van der Waals surface area (Å²) >= 11 is 0. The van der Waals surface area contributed by atoms with Crippen molar-refractivity contribution in [3.63, 3.8) is 0 Å². The smallest absolute Gasteiger partial charge is 0.339 e. The molecule has 2 aromatic rings. The van der Waals surface area contributed by atoms with E-state index in [1.54, 1.807) is 29.2 Å². The third kappa shape index (κ3) is 5.25. The van der Waals surface area contributed by atoms with Gasteiger partial charge in [-0.2, -0.15) is 13.2 Å². The Bertz CT molecular complexity index is 903. The molecule has 8 heteroatoms. The zero-order valence-corrected chi connectivity index (χ0v) is 16.2. The van der Waals surface area contributed by atoms with Crippen molar-refractivity contribution in [2.45, 2.75) is 19.0 Å². The number of piperazine rings is 1. The van der Waals surface area contributed by atoms with Crippen molar-refractivity contribution in [3.05, 3.63) is 71.3 Å². The Hall–Kier alpha value is -3.16. The van der Waals surface area contributed by atoms with Crippen LogP contribution in [-0.2, 0) is 11.0 Å². The minimum Gasteiger partial charge on any atom is -0.339 e. The Balaban J connectivity index is 1.48. The highest BCUT2D eigenvalue weighted by molar-refractivity contribution is 5.98. The number of nitrogens with zero attached hydrogens (tertiary/aromatic N) is 2. The normalized spacial score (nSPS) is 14.5. The number of rotatable bonds is 5. The van der Waals surface area contributed by atoms with Crippen molar-refractivity contribution in [1.82, 2.24) is 9.80 Å². The highest BCUT2D eigenvalue weighted by atomic mass is 19.4. The van der Waals surface area contributed by atoms with Gasteiger partial charge >= 0.3 is 6.18 Å². The quantitative estimate of drug-likeness (QED) is 0.697. The maximum atomic E-state index is 12.6. The van der Waals surface area contributed by atoms with Crippen LogP contribution in [0.2, 0.25) is 0 Å². The molecule has 30 heavy (non-hydrogen) atoms. The second-order valence-corrected chi connectivity index (χ2v) is 7.04. The van der Waals surface area contributed by atoms with Crippen molar-refractivity contribution in [2.24, 2.45) is 0 Å². The molecule has 0 aliphatic carbocycles. The molecule has 0 unspecified atom stereocenters. The van der Waals surface area contributed by atoms with Gasteiger partial charge in [-0.15, -0.1) is 0 Å². The van der Waals surface area contributed by atoms with Crippen LogP contribution in [-0.4, -0.2) is 53.6 Å². The number of carbonyl (C=O) groups excluding carboxylic acids is 3. The molecule has 1 heterocycles. The maximum Gasteiger partial charge on any atom is 0.416 e. The fourth-order valence-electron chi connectivity index (χ4n) is 3.29. The Morgan fingerprint density at radius 1 is 0.733 bits per heavy atom. The van der Waals surface area contributed by atoms with E-state index in [0.717, 1.165) is 24.3 Å². The molecule has 0 N–H and O–H groups in total. The highest BCUT2D eigenvalue weighted by Crippen LogP contribution is 2.29. The second kappa shape index (κ2) is 9.11. The zero-order chi connectivity index (χ0) is 21.7. The van der Waals surface area contributed by atoms with Crippen LogP contribution >= 0.6 is 0 Å². The van der Waals surface area contributed by atoms with Gasteiger partial charge in [0.1, 0.15) is 0 Å². The second-order valence-electron chi connectivity index (χ2n) is 7.04. The number of carbonyl (C=O) groups is 3. The molecule has 0 saturated carbocycles. The SMILES string of the molecule is O=C(CCC(=O)N1CCN(C(=O)c2ccc(C(F)(F)F)cc2)CC1)c1ccccc1. The van der Waals surface area contributed by atoms with Crippen LogP contribution in [0.5, 0.6) is 0 Å². The van der Waals surface area contributed by atoms with Crippen molar-refractivity contribution in [2.75, 3.05) is 26.2 Å². The van der Waals surface area contributed by atoms with Gasteiger partial charge in [0, 0.05) is 50.1 Å². The van der Waals surface area contributed by atoms with Gasteiger partial charge in [-0.1, -0.05) is 30.3 Å². The Morgan fingerprint density at radius 2 is 1.30 bits per heavy atom. The molecule has 158 valence electrons. The fraction of sp³-hybridized carbons (Fsp3) is 0.318. The lowest BCUT2D eigenvalue weighted by Crippen LogP contribution is -2.50. The highest BCUT2D eigenvalue weighted by Gasteiger charge is 2.31. The van der Waals surface area contributed by atoms with Gasteiger partial charge < -0.3 is 9.80 Å². The van der Waals surface area contributed by atoms with Crippen LogP contribution in [0.4, 0.5) is 13.2 Å². The van der Waals surface area contributed by atoms with E-state index in [-0.39, 0.29) is 49.1 Å². The molecule has 1 fully saturated rings. The Morgan fingerprint density at radius 3 is 1.87 bits per heavy atom. The van der Waals surface area contributed by atoms with Gasteiger partial charge in [0.2, 0.25) is 5.91 Å². The van der Waals surface area contributed by atoms with Gasteiger partial charge in [-0.05, 0) is 24.3 Å². The summed E-state index contributed by atoms with van der Waals surface area (Å²) in [5.74, 6) is -0.615. The number of ketones is 1. The van der Waals surface area contributed by atoms with Gasteiger partial charge in [0.15, 0.2) is 5.78 Å². The summed E-state index contributed by atoms with van der Waals surface area (Å²) in [6.45, 7) is 1.23. The molecule has 1 saturated heterocycles. The third-order valence-electron chi connectivity index (χ3n) is 5.04. The summed E-state index contributed by atoms with van der Waals surface area (Å²) in [5.41, 5.74) is -0.0620. The largest absolute Gasteiger partial charge is 0.416 e. The summed E-state index contributed by atoms with van der Waals surface area (Å²) < 4.78 is 37.9. The third-order valence-corrected chi connectivity index (χ3v) is 5.04. The topological polar surface area (TPSA) is 57.7 Å². The first-order valence-electron chi connectivity index (χ1n) is 9.58. The lowest BCUT2D eigenvalue weighted by Gasteiger charge is -2.35. The summed E-state index contributed by atoms with van der Waals surface area (Å²) in [6.07, 6.45) is -4.23. The molecule has 0 spiro atoms. The first kappa shape index (κ1) is 21.5. The maximum absolute atomic E-state index is 12.6. The van der Waals surface area contributed by atoms with Gasteiger partial charge in [-0.3, -0.25) is 14.4 Å². The molecule has 5 nitrogen and oxygen atoms in total. The minimum absolute atomic E-state index is 0.0972. The van der Waals surface area contributed by atoms with Gasteiger partial charge in [0.25, 0.3) is 5.91 Å². The average molecular weight is 418 g/mol. The molecule has 0 aromatic heterocycles. The van der Waals surface area contributed by atoms with Crippen LogP contribution in [0.3, 0.4) is 0 Å². The molecule has 1 aliphatic rings. The number of Topliss-reactive ketones (excluding diaryl/α,β-unsaturated/α-hetero) is 1. The van der Waals surface area contributed by atoms with E-state index in [1.807, 2.05) is 6.07 Å². The lowest BCUT2D eigenvalue weighted by molar-refractivity contribution is -0.137. The minimum atomic E-state index is -4.45. The molecule has 2 aromatic carbocycles. The summed E-state index contributed by atoms with van der Waals surface area (Å²) in [7, 11) is 0. The Labute approximate surface area is 172 Å². The number of alkyl halides is 3. The van der Waals surface area contributed by atoms with Crippen molar-refractivity contribution in [1.29, 1.82) is 0 Å². The van der Waals surface area contributed by atoms with Gasteiger partial charge in [-0.25, -0.2) is 0 Å². The molecule has 2 amide bonds. The first-order valence-corrected chi connectivity index (χ1v) is 9.58. The first-order chi connectivity index (χ1) is 14.3. The van der Waals surface area contributed by atoms with Crippen LogP contribution in [0.1, 0.15) is 39.1 Å². The number of hydrogen-bond acceptors (Lipinski definition) is 3. The molecular formula is C22H21F3N2O3. The van der Waals surface area contributed by atoms with Crippen molar-refractivity contribution >= 4 is 17.6 Å². The number of amides is 2. The number of benzene rings is 2. The summed E-state index contributed by atoms with van der Waals surface area (Å²) in [6, 6.07) is 12.9. The average Bonchev–Trinajstić information content (AvgIpc) is 2.77. The molecule has 3 rings (SSSR count).